The van der Waals surface area contributed by atoms with E-state index in [1.165, 1.54) is 18.2 Å². The van der Waals surface area contributed by atoms with E-state index in [-0.39, 0.29) is 16.7 Å². The summed E-state index contributed by atoms with van der Waals surface area (Å²) < 4.78 is 1.56. The van der Waals surface area contributed by atoms with Gasteiger partial charge in [0, 0.05) is 20.1 Å². The number of benzene rings is 2. The predicted octanol–water partition coefficient (Wildman–Crippen LogP) is 3.58. The van der Waals surface area contributed by atoms with Crippen molar-refractivity contribution in [3.63, 3.8) is 0 Å². The fourth-order valence-corrected chi connectivity index (χ4v) is 4.58. The molecule has 1 aromatic heterocycles. The van der Waals surface area contributed by atoms with Crippen LogP contribution in [-0.2, 0) is 11.8 Å². The van der Waals surface area contributed by atoms with Gasteiger partial charge < -0.3 is 4.90 Å². The Balaban J connectivity index is 1.68. The second-order valence-corrected chi connectivity index (χ2v) is 8.43. The maximum absolute atomic E-state index is 12.9. The molecule has 140 valence electrons. The van der Waals surface area contributed by atoms with Gasteiger partial charge in [-0.05, 0) is 49.1 Å². The van der Waals surface area contributed by atoms with Gasteiger partial charge in [-0.1, -0.05) is 36.0 Å². The van der Waals surface area contributed by atoms with Crippen LogP contribution in [0.4, 0.5) is 0 Å². The zero-order valence-corrected chi connectivity index (χ0v) is 16.5. The molecule has 27 heavy (non-hydrogen) atoms. The molecular weight excluding hydrogens is 358 g/mol. The Bertz CT molecular complexity index is 1070. The molecule has 0 spiro atoms. The van der Waals surface area contributed by atoms with Gasteiger partial charge in [-0.25, -0.2) is 4.98 Å². The number of fused-ring (bicyclic) bond motifs is 2. The van der Waals surface area contributed by atoms with Crippen LogP contribution >= 0.6 is 11.8 Å². The summed E-state index contributed by atoms with van der Waals surface area (Å²) in [5, 5.41) is 3.01. The highest BCUT2D eigenvalue weighted by molar-refractivity contribution is 8.00. The van der Waals surface area contributed by atoms with Gasteiger partial charge in [0.2, 0.25) is 5.91 Å². The third-order valence-corrected chi connectivity index (χ3v) is 6.33. The van der Waals surface area contributed by atoms with E-state index < -0.39 is 0 Å². The first-order valence-corrected chi connectivity index (χ1v) is 10.3. The van der Waals surface area contributed by atoms with E-state index in [2.05, 4.69) is 0 Å². The minimum atomic E-state index is -0.265. The quantitative estimate of drug-likeness (QED) is 0.395. The Morgan fingerprint density at radius 2 is 1.78 bits per heavy atom. The number of amides is 1. The molecule has 2 aromatic carbocycles. The molecule has 1 fully saturated rings. The summed E-state index contributed by atoms with van der Waals surface area (Å²) >= 11 is 1.37. The molecule has 2 heterocycles. The van der Waals surface area contributed by atoms with Crippen LogP contribution in [0.3, 0.4) is 0 Å². The van der Waals surface area contributed by atoms with Gasteiger partial charge in [-0.15, -0.1) is 0 Å². The van der Waals surface area contributed by atoms with Gasteiger partial charge in [0.25, 0.3) is 5.56 Å². The van der Waals surface area contributed by atoms with E-state index >= 15 is 0 Å². The average Bonchev–Trinajstić information content (AvgIpc) is 2.70. The lowest BCUT2D eigenvalue weighted by molar-refractivity contribution is -0.131. The number of aromatic nitrogens is 2. The number of piperidine rings is 1. The van der Waals surface area contributed by atoms with Gasteiger partial charge in [-0.2, -0.15) is 0 Å². The lowest BCUT2D eigenvalue weighted by Gasteiger charge is -2.29. The number of carbonyl (C=O) groups is 1. The van der Waals surface area contributed by atoms with E-state index in [1.807, 2.05) is 48.2 Å². The first-order valence-electron chi connectivity index (χ1n) is 9.39. The molecule has 0 N–H and O–H groups in total. The smallest absolute Gasteiger partial charge is 0.261 e. The maximum atomic E-state index is 12.9. The van der Waals surface area contributed by atoms with Crippen LogP contribution in [0.2, 0.25) is 0 Å². The van der Waals surface area contributed by atoms with Crippen LogP contribution in [0.1, 0.15) is 26.2 Å². The summed E-state index contributed by atoms with van der Waals surface area (Å²) in [5.41, 5.74) is 0.600. The Hall–Kier alpha value is -2.34. The van der Waals surface area contributed by atoms with Crippen LogP contribution in [0.25, 0.3) is 21.7 Å². The zero-order chi connectivity index (χ0) is 19.0. The number of hydrogen-bond donors (Lipinski definition) is 0. The van der Waals surface area contributed by atoms with E-state index in [0.29, 0.717) is 16.1 Å². The second kappa shape index (κ2) is 7.35. The second-order valence-electron chi connectivity index (χ2n) is 7.12. The average molecular weight is 382 g/mol. The van der Waals surface area contributed by atoms with Gasteiger partial charge in [0.15, 0.2) is 5.16 Å². The number of nitrogens with zero attached hydrogens (tertiary/aromatic N) is 3. The monoisotopic (exact) mass is 381 g/mol. The summed E-state index contributed by atoms with van der Waals surface area (Å²) in [4.78, 5) is 32.2. The highest BCUT2D eigenvalue weighted by Crippen LogP contribution is 2.26. The van der Waals surface area contributed by atoms with Crippen molar-refractivity contribution >= 4 is 39.3 Å². The van der Waals surface area contributed by atoms with E-state index in [9.17, 15) is 9.59 Å². The minimum Gasteiger partial charge on any atom is -0.342 e. The van der Waals surface area contributed by atoms with Crippen molar-refractivity contribution in [2.45, 2.75) is 36.6 Å². The molecule has 3 aromatic rings. The van der Waals surface area contributed by atoms with Crippen LogP contribution in [0, 0.1) is 0 Å². The van der Waals surface area contributed by atoms with Gasteiger partial charge in [-0.3, -0.25) is 14.2 Å². The number of thioether (sulfide) groups is 1. The summed E-state index contributed by atoms with van der Waals surface area (Å²) in [6, 6.07) is 11.8. The zero-order valence-electron chi connectivity index (χ0n) is 15.6. The van der Waals surface area contributed by atoms with Crippen LogP contribution in [-0.4, -0.2) is 38.7 Å². The predicted molar refractivity (Wildman–Crippen MR) is 110 cm³/mol. The third kappa shape index (κ3) is 3.46. The van der Waals surface area contributed by atoms with E-state index in [0.717, 1.165) is 36.7 Å². The molecular formula is C21H23N3O2S. The first-order chi connectivity index (χ1) is 13.0. The SMILES string of the molecule is C[C@H](Sc1nc2cc3ccccc3cc2c(=O)n1C)C(=O)N1CCCCC1. The highest BCUT2D eigenvalue weighted by Gasteiger charge is 2.24. The highest BCUT2D eigenvalue weighted by atomic mass is 32.2. The lowest BCUT2D eigenvalue weighted by Crippen LogP contribution is -2.40. The molecule has 1 saturated heterocycles. The van der Waals surface area contributed by atoms with Crippen molar-refractivity contribution in [1.82, 2.24) is 14.5 Å². The molecule has 1 amide bonds. The maximum Gasteiger partial charge on any atom is 0.261 e. The minimum absolute atomic E-state index is 0.0779. The number of hydrogen-bond acceptors (Lipinski definition) is 4. The lowest BCUT2D eigenvalue weighted by atomic mass is 10.1. The molecule has 4 rings (SSSR count). The molecule has 6 heteroatoms. The Labute approximate surface area is 162 Å². The standard InChI is InChI=1S/C21H23N3O2S/c1-14(19(25)24-10-6-3-7-11-24)27-21-22-18-13-16-9-5-4-8-15(16)12-17(18)20(26)23(21)2/h4-5,8-9,12-14H,3,6-7,10-11H2,1-2H3/t14-/m0/s1. The number of rotatable bonds is 3. The molecule has 0 saturated carbocycles. The first kappa shape index (κ1) is 18.0. The summed E-state index contributed by atoms with van der Waals surface area (Å²) in [7, 11) is 1.73. The molecule has 5 nitrogen and oxygen atoms in total. The topological polar surface area (TPSA) is 55.2 Å². The molecule has 0 aliphatic carbocycles. The summed E-state index contributed by atoms with van der Waals surface area (Å²) in [6.45, 7) is 3.57. The van der Waals surface area contributed by atoms with Crippen molar-refractivity contribution in [2.75, 3.05) is 13.1 Å². The molecule has 1 aliphatic heterocycles. The largest absolute Gasteiger partial charge is 0.342 e. The van der Waals surface area contributed by atoms with Gasteiger partial charge in [0.05, 0.1) is 16.2 Å². The fourth-order valence-electron chi connectivity index (χ4n) is 3.62. The van der Waals surface area contributed by atoms with Crippen LogP contribution in [0.5, 0.6) is 0 Å². The van der Waals surface area contributed by atoms with E-state index in [4.69, 9.17) is 4.98 Å². The molecule has 0 unspecified atom stereocenters. The summed E-state index contributed by atoms with van der Waals surface area (Å²) in [5.74, 6) is 0.132. The summed E-state index contributed by atoms with van der Waals surface area (Å²) in [6.07, 6.45) is 3.34. The molecule has 0 bridgehead atoms. The van der Waals surface area contributed by atoms with Gasteiger partial charge in [0.1, 0.15) is 0 Å². The van der Waals surface area contributed by atoms with Crippen molar-refractivity contribution in [1.29, 1.82) is 0 Å². The van der Waals surface area contributed by atoms with Crippen molar-refractivity contribution in [2.24, 2.45) is 7.05 Å². The third-order valence-electron chi connectivity index (χ3n) is 5.20. The van der Waals surface area contributed by atoms with Crippen LogP contribution < -0.4 is 5.56 Å². The number of likely N-dealkylation sites (tertiary alicyclic amines) is 1. The molecule has 0 radical (unpaired) electrons. The molecule has 1 atom stereocenters. The van der Waals surface area contributed by atoms with E-state index in [1.54, 1.807) is 11.6 Å². The van der Waals surface area contributed by atoms with Gasteiger partial charge >= 0.3 is 0 Å². The van der Waals surface area contributed by atoms with Crippen molar-refractivity contribution < 1.29 is 4.79 Å². The Morgan fingerprint density at radius 3 is 2.48 bits per heavy atom. The van der Waals surface area contributed by atoms with Crippen LogP contribution in [0.15, 0.2) is 46.3 Å². The van der Waals surface area contributed by atoms with Crippen molar-refractivity contribution in [3.05, 3.63) is 46.8 Å². The fraction of sp³-hybridized carbons (Fsp3) is 0.381. The normalized spacial score (nSPS) is 16.0. The Kier molecular flexibility index (Phi) is 4.91. The van der Waals surface area contributed by atoms with Crippen molar-refractivity contribution in [3.8, 4) is 0 Å². The molecule has 1 aliphatic rings. The number of carbonyl (C=O) groups excluding carboxylic acids is 1. The Morgan fingerprint density at radius 1 is 1.11 bits per heavy atom.